The maximum Gasteiger partial charge on any atom is 0.307 e. The van der Waals surface area contributed by atoms with Gasteiger partial charge in [0, 0.05) is 22.3 Å². The van der Waals surface area contributed by atoms with Gasteiger partial charge in [-0.3, -0.25) is 4.79 Å². The fourth-order valence-electron chi connectivity index (χ4n) is 2.48. The molecule has 0 aliphatic heterocycles. The third-order valence-electron chi connectivity index (χ3n) is 3.74. The fourth-order valence-corrected chi connectivity index (χ4v) is 4.14. The van der Waals surface area contributed by atoms with Crippen molar-refractivity contribution in [2.75, 3.05) is 0 Å². The number of H-pyrrole nitrogens is 1. The third kappa shape index (κ3) is 3.55. The molecule has 0 amide bonds. The first kappa shape index (κ1) is 17.5. The number of aromatic amines is 1. The molecular formula is C18H16ClNO4S. The van der Waals surface area contributed by atoms with Crippen LogP contribution in [0.2, 0.25) is 5.02 Å². The molecule has 0 saturated carbocycles. The van der Waals surface area contributed by atoms with Crippen molar-refractivity contribution >= 4 is 38.3 Å². The van der Waals surface area contributed by atoms with Crippen LogP contribution in [0.4, 0.5) is 0 Å². The minimum Gasteiger partial charge on any atom is -0.439 e. The van der Waals surface area contributed by atoms with Crippen LogP contribution in [0.5, 0.6) is 0 Å². The van der Waals surface area contributed by atoms with Gasteiger partial charge in [0.1, 0.15) is 0 Å². The van der Waals surface area contributed by atoms with E-state index in [1.165, 1.54) is 12.1 Å². The Morgan fingerprint density at radius 2 is 1.88 bits per heavy atom. The van der Waals surface area contributed by atoms with Crippen LogP contribution < -0.4 is 0 Å². The molecule has 7 heteroatoms. The number of hydrogen-bond donors (Lipinski definition) is 1. The number of aromatic nitrogens is 1. The molecule has 1 heterocycles. The fraction of sp³-hybridized carbons (Fsp3) is 0.167. The standard InChI is InChI=1S/C18H16ClNO4S/c1-2-17(21)24-18(25(22,23)14-6-4-3-5-7-14)16-11-12-10-13(19)8-9-15(12)20-16/h3-11,18,20H,2H2,1H3. The van der Waals surface area contributed by atoms with E-state index in [-0.39, 0.29) is 17.0 Å². The Kier molecular flexibility index (Phi) is 4.83. The number of esters is 1. The molecule has 3 aromatic rings. The van der Waals surface area contributed by atoms with Gasteiger partial charge in [0.2, 0.25) is 15.3 Å². The van der Waals surface area contributed by atoms with Crippen LogP contribution >= 0.6 is 11.6 Å². The van der Waals surface area contributed by atoms with Crippen molar-refractivity contribution in [1.82, 2.24) is 4.98 Å². The Morgan fingerprint density at radius 1 is 1.16 bits per heavy atom. The average Bonchev–Trinajstić information content (AvgIpc) is 3.02. The summed E-state index contributed by atoms with van der Waals surface area (Å²) < 4.78 is 31.3. The van der Waals surface area contributed by atoms with E-state index in [0.29, 0.717) is 10.5 Å². The maximum absolute atomic E-state index is 13.0. The van der Waals surface area contributed by atoms with Crippen LogP contribution in [0.25, 0.3) is 10.9 Å². The summed E-state index contributed by atoms with van der Waals surface area (Å²) >= 11 is 5.98. The zero-order valence-electron chi connectivity index (χ0n) is 13.4. The minimum absolute atomic E-state index is 0.0763. The molecule has 0 aliphatic carbocycles. The van der Waals surface area contributed by atoms with E-state index in [0.717, 1.165) is 5.39 Å². The number of hydrogen-bond acceptors (Lipinski definition) is 4. The SMILES string of the molecule is CCC(=O)OC(c1cc2cc(Cl)ccc2[nH]1)S(=O)(=O)c1ccccc1. The van der Waals surface area contributed by atoms with E-state index in [1.54, 1.807) is 49.4 Å². The van der Waals surface area contributed by atoms with E-state index in [2.05, 4.69) is 4.98 Å². The van der Waals surface area contributed by atoms with E-state index in [4.69, 9.17) is 16.3 Å². The van der Waals surface area contributed by atoms with Gasteiger partial charge in [-0.05, 0) is 36.4 Å². The van der Waals surface area contributed by atoms with E-state index < -0.39 is 21.2 Å². The number of carbonyl (C=O) groups excluding carboxylic acids is 1. The molecule has 1 aromatic heterocycles. The molecule has 1 unspecified atom stereocenters. The molecule has 0 spiro atoms. The summed E-state index contributed by atoms with van der Waals surface area (Å²) in [5.41, 5.74) is -0.461. The summed E-state index contributed by atoms with van der Waals surface area (Å²) in [6.45, 7) is 1.61. The molecule has 2 aromatic carbocycles. The predicted octanol–water partition coefficient (Wildman–Crippen LogP) is 4.25. The van der Waals surface area contributed by atoms with Gasteiger partial charge < -0.3 is 9.72 Å². The second-order valence-corrected chi connectivity index (χ2v) is 7.92. The molecular weight excluding hydrogens is 362 g/mol. The number of benzene rings is 2. The van der Waals surface area contributed by atoms with Crippen molar-refractivity contribution in [2.24, 2.45) is 0 Å². The van der Waals surface area contributed by atoms with Crippen LogP contribution in [0, 0.1) is 0 Å². The topological polar surface area (TPSA) is 76.2 Å². The lowest BCUT2D eigenvalue weighted by molar-refractivity contribution is -0.145. The number of carbonyl (C=O) groups is 1. The molecule has 25 heavy (non-hydrogen) atoms. The lowest BCUT2D eigenvalue weighted by Crippen LogP contribution is -2.20. The van der Waals surface area contributed by atoms with Gasteiger partial charge in [-0.1, -0.05) is 36.7 Å². The maximum atomic E-state index is 13.0. The third-order valence-corrected chi connectivity index (χ3v) is 5.82. The largest absolute Gasteiger partial charge is 0.439 e. The van der Waals surface area contributed by atoms with Gasteiger partial charge in [0.25, 0.3) is 0 Å². The van der Waals surface area contributed by atoms with Crippen molar-refractivity contribution in [2.45, 2.75) is 23.7 Å². The quantitative estimate of drug-likeness (QED) is 0.674. The van der Waals surface area contributed by atoms with E-state index in [1.807, 2.05) is 0 Å². The Labute approximate surface area is 150 Å². The van der Waals surface area contributed by atoms with Gasteiger partial charge >= 0.3 is 5.97 Å². The van der Waals surface area contributed by atoms with Crippen LogP contribution in [-0.4, -0.2) is 19.4 Å². The lowest BCUT2D eigenvalue weighted by Gasteiger charge is -2.17. The van der Waals surface area contributed by atoms with Gasteiger partial charge in [0.05, 0.1) is 10.6 Å². The summed E-state index contributed by atoms with van der Waals surface area (Å²) in [4.78, 5) is 14.9. The molecule has 130 valence electrons. The zero-order valence-corrected chi connectivity index (χ0v) is 15.0. The Balaban J connectivity index is 2.12. The number of ether oxygens (including phenoxy) is 1. The number of rotatable bonds is 5. The Bertz CT molecular complexity index is 1010. The van der Waals surface area contributed by atoms with Crippen molar-refractivity contribution in [3.8, 4) is 0 Å². The monoisotopic (exact) mass is 377 g/mol. The molecule has 3 rings (SSSR count). The summed E-state index contributed by atoms with van der Waals surface area (Å²) in [6, 6.07) is 14.7. The van der Waals surface area contributed by atoms with Crippen LogP contribution in [0.3, 0.4) is 0 Å². The molecule has 0 fully saturated rings. The predicted molar refractivity (Wildman–Crippen MR) is 96.1 cm³/mol. The molecule has 0 radical (unpaired) electrons. The van der Waals surface area contributed by atoms with Gasteiger partial charge in [-0.2, -0.15) is 0 Å². The number of fused-ring (bicyclic) bond motifs is 1. The van der Waals surface area contributed by atoms with Crippen LogP contribution in [0.1, 0.15) is 24.5 Å². The van der Waals surface area contributed by atoms with Gasteiger partial charge in [-0.15, -0.1) is 0 Å². The van der Waals surface area contributed by atoms with Crippen molar-refractivity contribution < 1.29 is 17.9 Å². The van der Waals surface area contributed by atoms with Gasteiger partial charge in [-0.25, -0.2) is 8.42 Å². The Hall–Kier alpha value is -2.31. The first-order chi connectivity index (χ1) is 11.9. The minimum atomic E-state index is -3.92. The highest BCUT2D eigenvalue weighted by Gasteiger charge is 2.33. The van der Waals surface area contributed by atoms with Crippen LogP contribution in [-0.2, 0) is 19.4 Å². The molecule has 1 atom stereocenters. The second-order valence-electron chi connectivity index (χ2n) is 5.49. The normalized spacial score (nSPS) is 12.9. The molecule has 1 N–H and O–H groups in total. The van der Waals surface area contributed by atoms with Crippen molar-refractivity contribution in [3.05, 3.63) is 65.3 Å². The van der Waals surface area contributed by atoms with Crippen LogP contribution in [0.15, 0.2) is 59.5 Å². The van der Waals surface area contributed by atoms with Crippen molar-refractivity contribution in [1.29, 1.82) is 0 Å². The number of sulfone groups is 1. The number of halogens is 1. The van der Waals surface area contributed by atoms with E-state index >= 15 is 0 Å². The summed E-state index contributed by atoms with van der Waals surface area (Å²) in [5.74, 6) is -0.596. The van der Waals surface area contributed by atoms with E-state index in [9.17, 15) is 13.2 Å². The molecule has 5 nitrogen and oxygen atoms in total. The Morgan fingerprint density at radius 3 is 2.56 bits per heavy atom. The zero-order chi connectivity index (χ0) is 18.0. The molecule has 0 aliphatic rings. The number of nitrogens with one attached hydrogen (secondary N) is 1. The average molecular weight is 378 g/mol. The van der Waals surface area contributed by atoms with Gasteiger partial charge in [0.15, 0.2) is 0 Å². The lowest BCUT2D eigenvalue weighted by atomic mass is 10.2. The highest BCUT2D eigenvalue weighted by Crippen LogP contribution is 2.32. The smallest absolute Gasteiger partial charge is 0.307 e. The van der Waals surface area contributed by atoms with Crippen molar-refractivity contribution in [3.63, 3.8) is 0 Å². The molecule has 0 saturated heterocycles. The highest BCUT2D eigenvalue weighted by molar-refractivity contribution is 7.91. The summed E-state index contributed by atoms with van der Waals surface area (Å²) in [5, 5.41) is 1.27. The first-order valence-corrected chi connectivity index (χ1v) is 9.61. The second kappa shape index (κ2) is 6.90. The summed E-state index contributed by atoms with van der Waals surface area (Å²) in [7, 11) is -3.92. The molecule has 0 bridgehead atoms. The first-order valence-electron chi connectivity index (χ1n) is 7.68. The highest BCUT2D eigenvalue weighted by atomic mass is 35.5. The summed E-state index contributed by atoms with van der Waals surface area (Å²) in [6.07, 6.45) is 0.0763.